The van der Waals surface area contributed by atoms with Crippen LogP contribution >= 0.6 is 0 Å². The molecule has 15 heavy (non-hydrogen) atoms. The van der Waals surface area contributed by atoms with Crippen LogP contribution in [-0.2, 0) is 0 Å². The molecule has 0 aromatic heterocycles. The average molecular weight is 227 g/mol. The number of hydrogen-bond donors (Lipinski definition) is 0. The van der Waals surface area contributed by atoms with Crippen molar-refractivity contribution in [1.29, 1.82) is 0 Å². The summed E-state index contributed by atoms with van der Waals surface area (Å²) in [6.45, 7) is 18.3. The summed E-state index contributed by atoms with van der Waals surface area (Å²) in [6, 6.07) is 1.27. The Balaban J connectivity index is 4.16. The van der Waals surface area contributed by atoms with Gasteiger partial charge in [-0.05, 0) is 45.1 Å². The van der Waals surface area contributed by atoms with E-state index in [0.29, 0.717) is 0 Å². The zero-order valence-corrected chi connectivity index (χ0v) is 12.4. The molecule has 0 unspecified atom stereocenters. The molecule has 0 radical (unpaired) electrons. The van der Waals surface area contributed by atoms with E-state index in [0.717, 1.165) is 0 Å². The third-order valence-corrected chi connectivity index (χ3v) is 5.38. The number of rotatable bonds is 8. The highest BCUT2D eigenvalue weighted by Crippen LogP contribution is 2.16. The number of hydrogen-bond acceptors (Lipinski definition) is 1. The van der Waals surface area contributed by atoms with Gasteiger partial charge >= 0.3 is 0 Å². The van der Waals surface area contributed by atoms with E-state index in [4.69, 9.17) is 0 Å². The van der Waals surface area contributed by atoms with Crippen molar-refractivity contribution < 1.29 is 0 Å². The second-order valence-electron chi connectivity index (χ2n) is 5.57. The van der Waals surface area contributed by atoms with Crippen molar-refractivity contribution in [2.75, 3.05) is 19.3 Å². The minimum absolute atomic E-state index is 1.08. The van der Waals surface area contributed by atoms with Crippen LogP contribution in [0.15, 0.2) is 12.2 Å². The lowest BCUT2D eigenvalue weighted by molar-refractivity contribution is 0.313. The van der Waals surface area contributed by atoms with Crippen LogP contribution < -0.4 is 0 Å². The molecule has 1 nitrogen and oxygen atoms in total. The fraction of sp³-hybridized carbons (Fsp3) is 0.846. The average Bonchev–Trinajstić information content (AvgIpc) is 2.01. The summed E-state index contributed by atoms with van der Waals surface area (Å²) in [6.07, 6.45) is 3.89. The van der Waals surface area contributed by atoms with Crippen molar-refractivity contribution in [3.63, 3.8) is 0 Å². The van der Waals surface area contributed by atoms with Crippen LogP contribution in [0.1, 0.15) is 33.6 Å². The van der Waals surface area contributed by atoms with E-state index < -0.39 is 8.07 Å². The lowest BCUT2D eigenvalue weighted by Crippen LogP contribution is -2.43. The molecule has 0 aromatic rings. The monoisotopic (exact) mass is 227 g/mol. The van der Waals surface area contributed by atoms with Crippen LogP contribution in [-0.4, -0.2) is 32.2 Å². The topological polar surface area (TPSA) is 3.24 Å². The van der Waals surface area contributed by atoms with Gasteiger partial charge in [0.15, 0.2) is 0 Å². The summed E-state index contributed by atoms with van der Waals surface area (Å²) in [5.74, 6) is 0. The second-order valence-corrected chi connectivity index (χ2v) is 10.6. The minimum Gasteiger partial charge on any atom is -0.306 e. The first-order chi connectivity index (χ1) is 6.91. The summed E-state index contributed by atoms with van der Waals surface area (Å²) >= 11 is 0. The van der Waals surface area contributed by atoms with Crippen molar-refractivity contribution in [3.8, 4) is 0 Å². The third-order valence-electron chi connectivity index (χ3n) is 2.51. The van der Waals surface area contributed by atoms with Gasteiger partial charge in [-0.2, -0.15) is 0 Å². The van der Waals surface area contributed by atoms with Crippen molar-refractivity contribution in [3.05, 3.63) is 12.2 Å². The minimum atomic E-state index is -1.08. The molecular formula is C13H29NSi. The van der Waals surface area contributed by atoms with Gasteiger partial charge in [0.1, 0.15) is 0 Å². The summed E-state index contributed by atoms with van der Waals surface area (Å²) in [5.41, 5.74) is 1.36. The van der Waals surface area contributed by atoms with Gasteiger partial charge in [-0.1, -0.05) is 32.5 Å². The Labute approximate surface area is 97.6 Å². The van der Waals surface area contributed by atoms with Gasteiger partial charge in [-0.25, -0.2) is 0 Å². The summed E-state index contributed by atoms with van der Waals surface area (Å²) in [7, 11) is -1.08. The molecule has 2 heteroatoms. The van der Waals surface area contributed by atoms with E-state index in [1.165, 1.54) is 43.7 Å². The van der Waals surface area contributed by atoms with Crippen LogP contribution in [0, 0.1) is 0 Å². The van der Waals surface area contributed by atoms with Crippen LogP contribution in [0.4, 0.5) is 0 Å². The zero-order valence-electron chi connectivity index (χ0n) is 11.4. The van der Waals surface area contributed by atoms with Crippen LogP contribution in [0.3, 0.4) is 0 Å². The van der Waals surface area contributed by atoms with E-state index in [9.17, 15) is 0 Å². The maximum absolute atomic E-state index is 4.06. The molecule has 0 amide bonds. The molecule has 90 valence electrons. The molecule has 0 heterocycles. The molecule has 0 aliphatic carbocycles. The molecule has 0 aliphatic rings. The normalized spacial score (nSPS) is 12.1. The highest BCUT2D eigenvalue weighted by atomic mass is 28.3. The first-order valence-electron chi connectivity index (χ1n) is 6.28. The van der Waals surface area contributed by atoms with Crippen LogP contribution in [0.2, 0.25) is 19.1 Å². The van der Waals surface area contributed by atoms with Gasteiger partial charge in [0.05, 0.1) is 8.07 Å². The highest BCUT2D eigenvalue weighted by Gasteiger charge is 2.23. The maximum Gasteiger partial charge on any atom is 0.0669 e. The fourth-order valence-corrected chi connectivity index (χ4v) is 5.65. The summed E-state index contributed by atoms with van der Waals surface area (Å²) < 4.78 is 0. The molecule has 0 fully saturated rings. The number of allylic oxidation sites excluding steroid dienone is 1. The molecular weight excluding hydrogens is 198 g/mol. The van der Waals surface area contributed by atoms with Crippen molar-refractivity contribution in [1.82, 2.24) is 4.90 Å². The Morgan fingerprint density at radius 1 is 1.13 bits per heavy atom. The lowest BCUT2D eigenvalue weighted by Gasteiger charge is -2.31. The van der Waals surface area contributed by atoms with Crippen molar-refractivity contribution >= 4 is 8.07 Å². The van der Waals surface area contributed by atoms with E-state index in [1.807, 2.05) is 0 Å². The largest absolute Gasteiger partial charge is 0.306 e. The van der Waals surface area contributed by atoms with Crippen molar-refractivity contribution in [2.45, 2.75) is 52.8 Å². The second kappa shape index (κ2) is 7.23. The maximum atomic E-state index is 4.06. The molecule has 0 saturated heterocycles. The Hall–Kier alpha value is -0.0831. The number of nitrogens with zero attached hydrogens (tertiary/aromatic N) is 1. The third kappa shape index (κ3) is 7.80. The van der Waals surface area contributed by atoms with Crippen LogP contribution in [0.5, 0.6) is 0 Å². The van der Waals surface area contributed by atoms with Gasteiger partial charge in [-0.15, -0.1) is 6.58 Å². The summed E-state index contributed by atoms with van der Waals surface area (Å²) in [4.78, 5) is 2.65. The van der Waals surface area contributed by atoms with Crippen LogP contribution in [0.25, 0.3) is 0 Å². The Bertz CT molecular complexity index is 181. The lowest BCUT2D eigenvalue weighted by atomic mass is 10.4. The Kier molecular flexibility index (Phi) is 7.19. The molecule has 0 bridgehead atoms. The zero-order chi connectivity index (χ0) is 11.9. The smallest absolute Gasteiger partial charge is 0.0669 e. The Morgan fingerprint density at radius 2 is 1.60 bits per heavy atom. The highest BCUT2D eigenvalue weighted by molar-refractivity contribution is 6.78. The quantitative estimate of drug-likeness (QED) is 0.448. The standard InChI is InChI=1S/C13H29NSi/c1-7-9-14(10-8-2)12-15(5,6)11-13(3)4/h3,7-12H2,1-2,4-6H3. The SMILES string of the molecule is C=C(C)C[Si](C)(C)CN(CCC)CCC. The van der Waals surface area contributed by atoms with Gasteiger partial charge in [0.2, 0.25) is 0 Å². The van der Waals surface area contributed by atoms with Gasteiger partial charge < -0.3 is 4.90 Å². The molecule has 0 saturated carbocycles. The molecule has 0 aliphatic heterocycles. The van der Waals surface area contributed by atoms with Gasteiger partial charge in [0, 0.05) is 0 Å². The molecule has 0 spiro atoms. The van der Waals surface area contributed by atoms with E-state index >= 15 is 0 Å². The molecule has 0 rings (SSSR count). The Morgan fingerprint density at radius 3 is 1.93 bits per heavy atom. The molecule has 0 atom stereocenters. The molecule has 0 N–H and O–H groups in total. The van der Waals surface area contributed by atoms with E-state index in [-0.39, 0.29) is 0 Å². The fourth-order valence-electron chi connectivity index (χ4n) is 2.38. The summed E-state index contributed by atoms with van der Waals surface area (Å²) in [5, 5.41) is 0. The predicted molar refractivity (Wildman–Crippen MR) is 74.1 cm³/mol. The first-order valence-corrected chi connectivity index (χ1v) is 9.69. The van der Waals surface area contributed by atoms with E-state index in [2.05, 4.69) is 45.3 Å². The van der Waals surface area contributed by atoms with Gasteiger partial charge in [0.25, 0.3) is 0 Å². The first kappa shape index (κ1) is 14.9. The molecule has 0 aromatic carbocycles. The van der Waals surface area contributed by atoms with Crippen molar-refractivity contribution in [2.24, 2.45) is 0 Å². The van der Waals surface area contributed by atoms with Gasteiger partial charge in [-0.3, -0.25) is 0 Å². The van der Waals surface area contributed by atoms with E-state index in [1.54, 1.807) is 0 Å². The predicted octanol–water partition coefficient (Wildman–Crippen LogP) is 3.93.